The minimum Gasteiger partial charge on any atom is -0.495 e. The molecule has 0 saturated carbocycles. The van der Waals surface area contributed by atoms with Crippen molar-refractivity contribution < 1.29 is 9.53 Å². The number of carbonyl (C=O) groups excluding carboxylic acids is 1. The van der Waals surface area contributed by atoms with Gasteiger partial charge in [0.05, 0.1) is 12.6 Å². The van der Waals surface area contributed by atoms with Gasteiger partial charge in [-0.05, 0) is 12.5 Å². The average molecular weight is 217 g/mol. The first-order valence-corrected chi connectivity index (χ1v) is 5.34. The van der Waals surface area contributed by atoms with E-state index in [1.807, 2.05) is 36.7 Å². The number of carbonyl (C=O) groups is 1. The van der Waals surface area contributed by atoms with Crippen LogP contribution in [0, 0.1) is 0 Å². The normalized spacial score (nSPS) is 10.7. The fraction of sp³-hybridized carbons (Fsp3) is 0.308. The van der Waals surface area contributed by atoms with Crippen molar-refractivity contribution in [1.29, 1.82) is 0 Å². The summed E-state index contributed by atoms with van der Waals surface area (Å²) in [5.74, 6) is 0.808. The molecule has 1 heterocycles. The molecule has 2 rings (SSSR count). The first kappa shape index (κ1) is 10.7. The number of aldehydes is 1. The second kappa shape index (κ2) is 4.00. The molecule has 0 aliphatic heterocycles. The third-order valence-electron chi connectivity index (χ3n) is 3.01. The van der Waals surface area contributed by atoms with E-state index < -0.39 is 0 Å². The molecule has 1 aromatic carbocycles. The molecule has 84 valence electrons. The molecular formula is C13H15NO2. The van der Waals surface area contributed by atoms with Crippen LogP contribution in [0.15, 0.2) is 18.2 Å². The number of rotatable bonds is 3. The van der Waals surface area contributed by atoms with Crippen LogP contribution in [-0.2, 0) is 13.5 Å². The SMILES string of the molecule is CCc1c(C=O)c2cccc(OC)c2n1C. The number of aryl methyl sites for hydroxylation is 1. The van der Waals surface area contributed by atoms with E-state index in [0.29, 0.717) is 0 Å². The lowest BCUT2D eigenvalue weighted by Gasteiger charge is -2.05. The predicted octanol–water partition coefficient (Wildman–Crippen LogP) is 2.56. The summed E-state index contributed by atoms with van der Waals surface area (Å²) in [7, 11) is 3.62. The van der Waals surface area contributed by atoms with Crippen molar-refractivity contribution >= 4 is 17.2 Å². The van der Waals surface area contributed by atoms with Gasteiger partial charge in [0.2, 0.25) is 0 Å². The van der Waals surface area contributed by atoms with Crippen LogP contribution in [0.1, 0.15) is 23.0 Å². The summed E-state index contributed by atoms with van der Waals surface area (Å²) >= 11 is 0. The molecule has 3 nitrogen and oxygen atoms in total. The van der Waals surface area contributed by atoms with Crippen molar-refractivity contribution in [2.24, 2.45) is 7.05 Å². The van der Waals surface area contributed by atoms with Crippen LogP contribution in [0.25, 0.3) is 10.9 Å². The van der Waals surface area contributed by atoms with Gasteiger partial charge >= 0.3 is 0 Å². The van der Waals surface area contributed by atoms with Gasteiger partial charge in [-0.25, -0.2) is 0 Å². The number of hydrogen-bond acceptors (Lipinski definition) is 2. The average Bonchev–Trinajstić information content (AvgIpc) is 2.61. The molecular weight excluding hydrogens is 202 g/mol. The number of para-hydroxylation sites is 1. The quantitative estimate of drug-likeness (QED) is 0.740. The summed E-state index contributed by atoms with van der Waals surface area (Å²) in [6, 6.07) is 5.78. The van der Waals surface area contributed by atoms with Crippen LogP contribution in [0.5, 0.6) is 5.75 Å². The standard InChI is InChI=1S/C13H15NO2/c1-4-11-10(8-15)9-6-5-7-12(16-3)13(9)14(11)2/h5-8H,4H2,1-3H3. The number of aromatic nitrogens is 1. The van der Waals surface area contributed by atoms with Crippen molar-refractivity contribution in [3.8, 4) is 5.75 Å². The molecule has 0 aliphatic rings. The molecule has 0 radical (unpaired) electrons. The predicted molar refractivity (Wildman–Crippen MR) is 64.2 cm³/mol. The maximum absolute atomic E-state index is 11.2. The summed E-state index contributed by atoms with van der Waals surface area (Å²) in [5.41, 5.74) is 2.82. The lowest BCUT2D eigenvalue weighted by atomic mass is 10.1. The van der Waals surface area contributed by atoms with E-state index in [1.165, 1.54) is 0 Å². The molecule has 0 N–H and O–H groups in total. The highest BCUT2D eigenvalue weighted by molar-refractivity contribution is 6.01. The van der Waals surface area contributed by atoms with Gasteiger partial charge < -0.3 is 9.30 Å². The Morgan fingerprint density at radius 2 is 2.19 bits per heavy atom. The summed E-state index contributed by atoms with van der Waals surface area (Å²) in [6.07, 6.45) is 1.77. The smallest absolute Gasteiger partial charge is 0.152 e. The molecule has 0 spiro atoms. The van der Waals surface area contributed by atoms with E-state index in [4.69, 9.17) is 4.74 Å². The fourth-order valence-corrected chi connectivity index (χ4v) is 2.28. The molecule has 3 heteroatoms. The van der Waals surface area contributed by atoms with Crippen LogP contribution in [-0.4, -0.2) is 18.0 Å². The van der Waals surface area contributed by atoms with Crippen molar-refractivity contribution in [1.82, 2.24) is 4.57 Å². The molecule has 0 amide bonds. The lowest BCUT2D eigenvalue weighted by Crippen LogP contribution is -1.97. The van der Waals surface area contributed by atoms with Gasteiger partial charge in [-0.1, -0.05) is 19.1 Å². The second-order valence-corrected chi connectivity index (χ2v) is 3.75. The first-order chi connectivity index (χ1) is 7.74. The molecule has 0 saturated heterocycles. The monoisotopic (exact) mass is 217 g/mol. The van der Waals surface area contributed by atoms with Gasteiger partial charge in [0.15, 0.2) is 6.29 Å². The Hall–Kier alpha value is -1.77. The van der Waals surface area contributed by atoms with E-state index in [0.717, 1.165) is 40.6 Å². The number of methoxy groups -OCH3 is 1. The largest absolute Gasteiger partial charge is 0.495 e. The zero-order valence-electron chi connectivity index (χ0n) is 9.78. The maximum atomic E-state index is 11.2. The molecule has 0 atom stereocenters. The molecule has 16 heavy (non-hydrogen) atoms. The van der Waals surface area contributed by atoms with Gasteiger partial charge in [0.25, 0.3) is 0 Å². The highest BCUT2D eigenvalue weighted by Crippen LogP contribution is 2.31. The lowest BCUT2D eigenvalue weighted by molar-refractivity contribution is 0.112. The van der Waals surface area contributed by atoms with Crippen molar-refractivity contribution in [2.45, 2.75) is 13.3 Å². The minimum absolute atomic E-state index is 0.777. The van der Waals surface area contributed by atoms with E-state index in [-0.39, 0.29) is 0 Å². The van der Waals surface area contributed by atoms with E-state index >= 15 is 0 Å². The highest BCUT2D eigenvalue weighted by atomic mass is 16.5. The van der Waals surface area contributed by atoms with Crippen molar-refractivity contribution in [3.63, 3.8) is 0 Å². The number of nitrogens with zero attached hydrogens (tertiary/aromatic N) is 1. The molecule has 0 fully saturated rings. The van der Waals surface area contributed by atoms with Crippen LogP contribution in [0.4, 0.5) is 0 Å². The number of ether oxygens (including phenoxy) is 1. The van der Waals surface area contributed by atoms with E-state index in [2.05, 4.69) is 0 Å². The third-order valence-corrected chi connectivity index (χ3v) is 3.01. The second-order valence-electron chi connectivity index (χ2n) is 3.75. The Morgan fingerprint density at radius 3 is 2.75 bits per heavy atom. The topological polar surface area (TPSA) is 31.2 Å². The molecule has 2 aromatic rings. The molecule has 0 bridgehead atoms. The van der Waals surface area contributed by atoms with Crippen LogP contribution < -0.4 is 4.74 Å². The zero-order chi connectivity index (χ0) is 11.7. The van der Waals surface area contributed by atoms with Gasteiger partial charge in [-0.15, -0.1) is 0 Å². The zero-order valence-corrected chi connectivity index (χ0v) is 9.78. The summed E-state index contributed by atoms with van der Waals surface area (Å²) in [4.78, 5) is 11.2. The van der Waals surface area contributed by atoms with Crippen LogP contribution in [0.3, 0.4) is 0 Å². The van der Waals surface area contributed by atoms with Gasteiger partial charge in [-0.2, -0.15) is 0 Å². The van der Waals surface area contributed by atoms with E-state index in [1.54, 1.807) is 7.11 Å². The number of fused-ring (bicyclic) bond motifs is 1. The van der Waals surface area contributed by atoms with Gasteiger partial charge in [0, 0.05) is 23.7 Å². The minimum atomic E-state index is 0.777. The van der Waals surface area contributed by atoms with Crippen LogP contribution in [0.2, 0.25) is 0 Å². The van der Waals surface area contributed by atoms with Crippen molar-refractivity contribution in [2.75, 3.05) is 7.11 Å². The summed E-state index contributed by atoms with van der Waals surface area (Å²) in [6.45, 7) is 2.05. The van der Waals surface area contributed by atoms with E-state index in [9.17, 15) is 4.79 Å². The fourth-order valence-electron chi connectivity index (χ4n) is 2.28. The molecule has 0 unspecified atom stereocenters. The summed E-state index contributed by atoms with van der Waals surface area (Å²) < 4.78 is 7.37. The Balaban J connectivity index is 2.92. The Labute approximate surface area is 94.6 Å². The van der Waals surface area contributed by atoms with Crippen LogP contribution >= 0.6 is 0 Å². The first-order valence-electron chi connectivity index (χ1n) is 5.34. The highest BCUT2D eigenvalue weighted by Gasteiger charge is 2.15. The number of hydrogen-bond donors (Lipinski definition) is 0. The maximum Gasteiger partial charge on any atom is 0.152 e. The van der Waals surface area contributed by atoms with Gasteiger partial charge in [-0.3, -0.25) is 4.79 Å². The molecule has 1 aromatic heterocycles. The Morgan fingerprint density at radius 1 is 1.44 bits per heavy atom. The Kier molecular flexibility index (Phi) is 2.69. The summed E-state index contributed by atoms with van der Waals surface area (Å²) in [5, 5.41) is 0.966. The Bertz CT molecular complexity index is 540. The third kappa shape index (κ3) is 1.32. The van der Waals surface area contributed by atoms with Crippen molar-refractivity contribution in [3.05, 3.63) is 29.5 Å². The van der Waals surface area contributed by atoms with Gasteiger partial charge in [0.1, 0.15) is 5.75 Å². The number of benzene rings is 1. The molecule has 0 aliphatic carbocycles.